The minimum atomic E-state index is -1.52. The number of ketones is 1. The summed E-state index contributed by atoms with van der Waals surface area (Å²) < 4.78 is 6.50. The van der Waals surface area contributed by atoms with Crippen LogP contribution >= 0.6 is 0 Å². The number of carbonyl (C=O) groups is 3. The van der Waals surface area contributed by atoms with Gasteiger partial charge >= 0.3 is 11.9 Å². The van der Waals surface area contributed by atoms with Gasteiger partial charge < -0.3 is 14.4 Å². The number of hydrogen-bond donors (Lipinski definition) is 1. The number of nitrogens with zero attached hydrogens (tertiary/aromatic N) is 1. The second-order valence-electron chi connectivity index (χ2n) is 4.00. The molecule has 0 atom stereocenters. The molecule has 0 saturated heterocycles. The normalized spacial score (nSPS) is 13.2. The van der Waals surface area contributed by atoms with Crippen molar-refractivity contribution in [2.75, 3.05) is 6.61 Å². The van der Waals surface area contributed by atoms with Crippen molar-refractivity contribution in [3.63, 3.8) is 0 Å². The molecule has 18 heavy (non-hydrogen) atoms. The topological polar surface area (TPSA) is 85.6 Å². The van der Waals surface area contributed by atoms with Gasteiger partial charge in [-0.3, -0.25) is 4.79 Å². The van der Waals surface area contributed by atoms with Gasteiger partial charge in [-0.2, -0.15) is 0 Å². The van der Waals surface area contributed by atoms with Crippen molar-refractivity contribution < 1.29 is 24.2 Å². The average Bonchev–Trinajstić information content (AvgIpc) is 2.88. The molecule has 0 spiro atoms. The molecule has 0 radical (unpaired) electrons. The van der Waals surface area contributed by atoms with Crippen LogP contribution in [0.1, 0.15) is 39.9 Å². The number of aromatic nitrogens is 1. The Morgan fingerprint density at radius 3 is 2.78 bits per heavy atom. The van der Waals surface area contributed by atoms with E-state index in [0.29, 0.717) is 24.2 Å². The summed E-state index contributed by atoms with van der Waals surface area (Å²) in [4.78, 5) is 34.0. The molecule has 1 aliphatic heterocycles. The van der Waals surface area contributed by atoms with Gasteiger partial charge in [-0.05, 0) is 25.8 Å². The first-order chi connectivity index (χ1) is 8.56. The van der Waals surface area contributed by atoms with Crippen molar-refractivity contribution in [2.24, 2.45) is 0 Å². The third-order valence-electron chi connectivity index (χ3n) is 2.93. The molecule has 0 fully saturated rings. The Balaban J connectivity index is 2.45. The smallest absolute Gasteiger partial charge is 0.378 e. The van der Waals surface area contributed by atoms with Crippen LogP contribution in [0.25, 0.3) is 0 Å². The Kier molecular flexibility index (Phi) is 3.18. The molecule has 6 heteroatoms. The third-order valence-corrected chi connectivity index (χ3v) is 2.93. The van der Waals surface area contributed by atoms with E-state index in [9.17, 15) is 14.4 Å². The highest BCUT2D eigenvalue weighted by Crippen LogP contribution is 2.25. The summed E-state index contributed by atoms with van der Waals surface area (Å²) in [7, 11) is 0. The van der Waals surface area contributed by atoms with E-state index in [4.69, 9.17) is 9.84 Å². The molecule has 0 amide bonds. The maximum absolute atomic E-state index is 11.7. The average molecular weight is 251 g/mol. The molecule has 1 N–H and O–H groups in total. The molecule has 0 saturated carbocycles. The zero-order valence-electron chi connectivity index (χ0n) is 9.93. The fourth-order valence-electron chi connectivity index (χ4n) is 2.20. The van der Waals surface area contributed by atoms with Crippen LogP contribution in [0.15, 0.2) is 6.07 Å². The highest BCUT2D eigenvalue weighted by Gasteiger charge is 2.29. The van der Waals surface area contributed by atoms with Crippen molar-refractivity contribution in [1.82, 2.24) is 4.57 Å². The minimum Gasteiger partial charge on any atom is -0.475 e. The number of ether oxygens (including phenoxy) is 1. The molecule has 0 unspecified atom stereocenters. The van der Waals surface area contributed by atoms with Crippen molar-refractivity contribution in [2.45, 2.75) is 26.3 Å². The van der Waals surface area contributed by atoms with E-state index in [1.54, 1.807) is 11.5 Å². The number of carbonyl (C=O) groups excluding carboxylic acids is 2. The monoisotopic (exact) mass is 251 g/mol. The molecule has 0 aromatic carbocycles. The molecule has 6 nitrogen and oxygen atoms in total. The van der Waals surface area contributed by atoms with Crippen molar-refractivity contribution in [1.29, 1.82) is 0 Å². The van der Waals surface area contributed by atoms with E-state index in [1.807, 2.05) is 0 Å². The van der Waals surface area contributed by atoms with E-state index >= 15 is 0 Å². The fraction of sp³-hybridized carbons (Fsp3) is 0.417. The second-order valence-corrected chi connectivity index (χ2v) is 4.00. The molecule has 2 rings (SSSR count). The molecule has 0 bridgehead atoms. The standard InChI is InChI=1S/C12H13NO5/c1-2-18-12(17)7-6-9(10(14)11(15)16)13-5-3-4-8(7)13/h6H,2-5H2,1H3,(H,15,16). The number of carboxylic acids is 1. The number of carboxylic acid groups (broad SMARTS) is 1. The van der Waals surface area contributed by atoms with Gasteiger partial charge in [0, 0.05) is 12.2 Å². The highest BCUT2D eigenvalue weighted by atomic mass is 16.5. The lowest BCUT2D eigenvalue weighted by atomic mass is 10.1. The maximum Gasteiger partial charge on any atom is 0.378 e. The number of fused-ring (bicyclic) bond motifs is 1. The van der Waals surface area contributed by atoms with Gasteiger partial charge in [-0.1, -0.05) is 0 Å². The van der Waals surface area contributed by atoms with Crippen LogP contribution in [-0.4, -0.2) is 34.0 Å². The lowest BCUT2D eigenvalue weighted by Crippen LogP contribution is -2.16. The van der Waals surface area contributed by atoms with Crippen LogP contribution in [0, 0.1) is 0 Å². The Hall–Kier alpha value is -2.11. The number of rotatable bonds is 4. The predicted octanol–water partition coefficient (Wildman–Crippen LogP) is 0.878. The molecule has 1 aromatic rings. The lowest BCUT2D eigenvalue weighted by Gasteiger charge is -2.02. The summed E-state index contributed by atoms with van der Waals surface area (Å²) in [6, 6.07) is 1.32. The predicted molar refractivity (Wildman–Crippen MR) is 60.7 cm³/mol. The fourth-order valence-corrected chi connectivity index (χ4v) is 2.20. The number of aliphatic carboxylic acids is 1. The Bertz CT molecular complexity index is 529. The van der Waals surface area contributed by atoms with Gasteiger partial charge in [-0.15, -0.1) is 0 Å². The van der Waals surface area contributed by atoms with Crippen LogP contribution in [0.2, 0.25) is 0 Å². The third kappa shape index (κ3) is 1.90. The highest BCUT2D eigenvalue weighted by molar-refractivity contribution is 6.39. The first-order valence-electron chi connectivity index (χ1n) is 5.73. The summed E-state index contributed by atoms with van der Waals surface area (Å²) in [6.07, 6.45) is 1.45. The van der Waals surface area contributed by atoms with Gasteiger partial charge in [0.25, 0.3) is 5.78 Å². The van der Waals surface area contributed by atoms with Gasteiger partial charge in [0.05, 0.1) is 17.9 Å². The molecular weight excluding hydrogens is 238 g/mol. The van der Waals surface area contributed by atoms with Crippen LogP contribution in [0.5, 0.6) is 0 Å². The second kappa shape index (κ2) is 4.64. The van der Waals surface area contributed by atoms with Crippen LogP contribution < -0.4 is 0 Å². The Labute approximate surface area is 103 Å². The van der Waals surface area contributed by atoms with Gasteiger partial charge in [0.1, 0.15) is 0 Å². The summed E-state index contributed by atoms with van der Waals surface area (Å²) in [5, 5.41) is 8.74. The van der Waals surface area contributed by atoms with E-state index < -0.39 is 17.7 Å². The first kappa shape index (κ1) is 12.3. The van der Waals surface area contributed by atoms with Crippen molar-refractivity contribution in [3.8, 4) is 0 Å². The molecular formula is C12H13NO5. The van der Waals surface area contributed by atoms with Gasteiger partial charge in [0.2, 0.25) is 0 Å². The zero-order valence-corrected chi connectivity index (χ0v) is 9.93. The zero-order chi connectivity index (χ0) is 13.3. The molecule has 96 valence electrons. The van der Waals surface area contributed by atoms with E-state index in [1.165, 1.54) is 6.07 Å². The van der Waals surface area contributed by atoms with Gasteiger partial charge in [0.15, 0.2) is 0 Å². The maximum atomic E-state index is 11.7. The summed E-state index contributed by atoms with van der Waals surface area (Å²) in [5.41, 5.74) is 1.05. The van der Waals surface area contributed by atoms with E-state index in [-0.39, 0.29) is 12.3 Å². The summed E-state index contributed by atoms with van der Waals surface area (Å²) >= 11 is 0. The molecule has 2 heterocycles. The molecule has 0 aliphatic carbocycles. The van der Waals surface area contributed by atoms with Gasteiger partial charge in [-0.25, -0.2) is 9.59 Å². The lowest BCUT2D eigenvalue weighted by molar-refractivity contribution is -0.131. The SMILES string of the molecule is CCOC(=O)c1cc(C(=O)C(=O)O)n2c1CCC2. The number of hydrogen-bond acceptors (Lipinski definition) is 4. The van der Waals surface area contributed by atoms with Crippen LogP contribution in [-0.2, 0) is 22.5 Å². The largest absolute Gasteiger partial charge is 0.475 e. The first-order valence-corrected chi connectivity index (χ1v) is 5.73. The quantitative estimate of drug-likeness (QED) is 0.487. The number of Topliss-reactive ketones (excluding diaryl/α,β-unsaturated/α-hetero) is 1. The summed E-state index contributed by atoms with van der Waals surface area (Å²) in [5.74, 6) is -3.01. The number of esters is 1. The van der Waals surface area contributed by atoms with Crippen LogP contribution in [0.3, 0.4) is 0 Å². The molecule has 1 aromatic heterocycles. The molecule has 1 aliphatic rings. The van der Waals surface area contributed by atoms with Crippen molar-refractivity contribution >= 4 is 17.7 Å². The Morgan fingerprint density at radius 1 is 1.44 bits per heavy atom. The van der Waals surface area contributed by atoms with Crippen molar-refractivity contribution in [3.05, 3.63) is 23.0 Å². The Morgan fingerprint density at radius 2 is 2.17 bits per heavy atom. The van der Waals surface area contributed by atoms with E-state index in [0.717, 1.165) is 6.42 Å². The van der Waals surface area contributed by atoms with Crippen LogP contribution in [0.4, 0.5) is 0 Å². The minimum absolute atomic E-state index is 0.0538. The summed E-state index contributed by atoms with van der Waals surface area (Å²) in [6.45, 7) is 2.49. The van der Waals surface area contributed by atoms with E-state index in [2.05, 4.69) is 0 Å².